The molecule has 0 heterocycles. The summed E-state index contributed by atoms with van der Waals surface area (Å²) in [6.07, 6.45) is 2.05. The van der Waals surface area contributed by atoms with Gasteiger partial charge in [-0.25, -0.2) is 0 Å². The maximum Gasteiger partial charge on any atom is 0.222 e. The van der Waals surface area contributed by atoms with E-state index in [0.29, 0.717) is 30.3 Å². The molecule has 0 spiro atoms. The van der Waals surface area contributed by atoms with E-state index in [4.69, 9.17) is 16.3 Å². The van der Waals surface area contributed by atoms with E-state index in [1.807, 2.05) is 6.07 Å². The third kappa shape index (κ3) is 4.67. The van der Waals surface area contributed by atoms with Gasteiger partial charge in [0.2, 0.25) is 5.91 Å². The van der Waals surface area contributed by atoms with Crippen LogP contribution in [0.25, 0.3) is 0 Å². The van der Waals surface area contributed by atoms with Crippen LogP contribution in [-0.2, 0) is 4.79 Å². The molecule has 0 aliphatic carbocycles. The second-order valence-electron chi connectivity index (χ2n) is 3.62. The molecule has 0 saturated carbocycles. The van der Waals surface area contributed by atoms with E-state index < -0.39 is 0 Å². The van der Waals surface area contributed by atoms with Crippen molar-refractivity contribution in [3.63, 3.8) is 0 Å². The fourth-order valence-electron chi connectivity index (χ4n) is 1.37. The highest BCUT2D eigenvalue weighted by Gasteiger charge is 2.02. The van der Waals surface area contributed by atoms with Crippen LogP contribution in [0, 0.1) is 0 Å². The molecule has 0 fully saturated rings. The molecule has 18 heavy (non-hydrogen) atoms. The zero-order valence-electron chi connectivity index (χ0n) is 10.3. The molecule has 1 aromatic rings. The number of carbonyl (C=O) groups excluding carboxylic acids is 1. The fourth-order valence-corrected chi connectivity index (χ4v) is 1.63. The third-order valence-electron chi connectivity index (χ3n) is 2.28. The summed E-state index contributed by atoms with van der Waals surface area (Å²) in [6, 6.07) is 5.40. The number of nitrogens with one attached hydrogen (secondary N) is 2. The van der Waals surface area contributed by atoms with E-state index in [2.05, 4.69) is 17.2 Å². The second-order valence-corrected chi connectivity index (χ2v) is 4.03. The maximum atomic E-state index is 11.3. The van der Waals surface area contributed by atoms with Gasteiger partial charge in [0.1, 0.15) is 5.75 Å². The molecule has 0 aliphatic heterocycles. The van der Waals surface area contributed by atoms with Crippen molar-refractivity contribution in [3.8, 4) is 5.75 Å². The number of hydrogen-bond donors (Lipinski definition) is 2. The minimum atomic E-state index is -0.0120. The Bertz CT molecular complexity index is 421. The van der Waals surface area contributed by atoms with E-state index in [1.165, 1.54) is 0 Å². The number of ether oxygens (including phenoxy) is 1. The van der Waals surface area contributed by atoms with Crippen LogP contribution in [0.1, 0.15) is 6.42 Å². The van der Waals surface area contributed by atoms with Gasteiger partial charge in [-0.1, -0.05) is 17.7 Å². The zero-order chi connectivity index (χ0) is 13.4. The Morgan fingerprint density at radius 3 is 2.94 bits per heavy atom. The Hall–Kier alpha value is -1.68. The molecule has 0 aromatic heterocycles. The molecule has 5 heteroatoms. The lowest BCUT2D eigenvalue weighted by Crippen LogP contribution is -2.25. The number of hydrogen-bond acceptors (Lipinski definition) is 3. The minimum Gasteiger partial charge on any atom is -0.495 e. The van der Waals surface area contributed by atoms with E-state index in [1.54, 1.807) is 25.3 Å². The van der Waals surface area contributed by atoms with Gasteiger partial charge in [-0.05, 0) is 18.2 Å². The first kappa shape index (κ1) is 14.4. The molecule has 1 rings (SSSR count). The Kier molecular flexibility index (Phi) is 6.08. The highest BCUT2D eigenvalue weighted by Crippen LogP contribution is 2.26. The lowest BCUT2D eigenvalue weighted by molar-refractivity contribution is -0.120. The summed E-state index contributed by atoms with van der Waals surface area (Å²) in [5, 5.41) is 6.36. The van der Waals surface area contributed by atoms with Gasteiger partial charge >= 0.3 is 0 Å². The predicted octanol–water partition coefficient (Wildman–Crippen LogP) is 2.45. The van der Waals surface area contributed by atoms with Crippen LogP contribution in [0.15, 0.2) is 30.9 Å². The molecular formula is C13H17ClN2O2. The summed E-state index contributed by atoms with van der Waals surface area (Å²) in [4.78, 5) is 11.3. The number of anilines is 1. The van der Waals surface area contributed by atoms with E-state index in [9.17, 15) is 4.79 Å². The molecule has 0 atom stereocenters. The van der Waals surface area contributed by atoms with Crippen molar-refractivity contribution in [2.45, 2.75) is 6.42 Å². The average molecular weight is 269 g/mol. The largest absolute Gasteiger partial charge is 0.495 e. The first-order chi connectivity index (χ1) is 8.67. The second kappa shape index (κ2) is 7.61. The number of carbonyl (C=O) groups is 1. The quantitative estimate of drug-likeness (QED) is 0.747. The smallest absolute Gasteiger partial charge is 0.222 e. The Morgan fingerprint density at radius 2 is 2.33 bits per heavy atom. The van der Waals surface area contributed by atoms with Gasteiger partial charge in [-0.15, -0.1) is 6.58 Å². The summed E-state index contributed by atoms with van der Waals surface area (Å²) in [7, 11) is 1.57. The van der Waals surface area contributed by atoms with Gasteiger partial charge < -0.3 is 15.4 Å². The van der Waals surface area contributed by atoms with Gasteiger partial charge in [0.15, 0.2) is 0 Å². The summed E-state index contributed by atoms with van der Waals surface area (Å²) in [5.41, 5.74) is 0.859. The summed E-state index contributed by atoms with van der Waals surface area (Å²) < 4.78 is 5.05. The van der Waals surface area contributed by atoms with E-state index >= 15 is 0 Å². The van der Waals surface area contributed by atoms with Crippen molar-refractivity contribution in [1.82, 2.24) is 5.32 Å². The van der Waals surface area contributed by atoms with Gasteiger partial charge in [0.05, 0.1) is 12.1 Å². The number of methoxy groups -OCH3 is 1. The van der Waals surface area contributed by atoms with Crippen molar-refractivity contribution in [1.29, 1.82) is 0 Å². The highest BCUT2D eigenvalue weighted by molar-refractivity contribution is 6.32. The van der Waals surface area contributed by atoms with Gasteiger partial charge in [0, 0.05) is 25.2 Å². The topological polar surface area (TPSA) is 50.4 Å². The number of amides is 1. The predicted molar refractivity (Wildman–Crippen MR) is 74.3 cm³/mol. The molecule has 0 aliphatic rings. The maximum absolute atomic E-state index is 11.3. The van der Waals surface area contributed by atoms with Crippen molar-refractivity contribution in [3.05, 3.63) is 35.9 Å². The first-order valence-electron chi connectivity index (χ1n) is 5.62. The van der Waals surface area contributed by atoms with Gasteiger partial charge in [-0.2, -0.15) is 0 Å². The van der Waals surface area contributed by atoms with Crippen molar-refractivity contribution in [2.24, 2.45) is 0 Å². The van der Waals surface area contributed by atoms with Crippen LogP contribution in [0.3, 0.4) is 0 Å². The van der Waals surface area contributed by atoms with Crippen LogP contribution >= 0.6 is 11.6 Å². The normalized spacial score (nSPS) is 9.67. The molecule has 98 valence electrons. The Balaban J connectivity index is 2.37. The minimum absolute atomic E-state index is 0.0120. The van der Waals surface area contributed by atoms with Crippen LogP contribution in [0.2, 0.25) is 5.02 Å². The lowest BCUT2D eigenvalue weighted by atomic mass is 10.3. The average Bonchev–Trinajstić information content (AvgIpc) is 2.36. The van der Waals surface area contributed by atoms with Crippen molar-refractivity contribution < 1.29 is 9.53 Å². The van der Waals surface area contributed by atoms with Crippen LogP contribution in [0.4, 0.5) is 5.69 Å². The van der Waals surface area contributed by atoms with Crippen molar-refractivity contribution in [2.75, 3.05) is 25.5 Å². The molecule has 0 bridgehead atoms. The standard InChI is InChI=1S/C13H17ClN2O2/c1-3-7-16-13(17)6-8-15-10-4-5-12(18-2)11(14)9-10/h3-5,9,15H,1,6-8H2,2H3,(H,16,17). The van der Waals surface area contributed by atoms with Crippen molar-refractivity contribution >= 4 is 23.2 Å². The molecule has 0 saturated heterocycles. The summed E-state index contributed by atoms with van der Waals surface area (Å²) >= 11 is 5.98. The number of benzene rings is 1. The number of halogens is 1. The first-order valence-corrected chi connectivity index (χ1v) is 6.00. The van der Waals surface area contributed by atoms with Crippen LogP contribution in [-0.4, -0.2) is 26.1 Å². The lowest BCUT2D eigenvalue weighted by Gasteiger charge is -2.08. The number of rotatable bonds is 7. The summed E-state index contributed by atoms with van der Waals surface area (Å²) in [5.74, 6) is 0.618. The van der Waals surface area contributed by atoms with E-state index in [-0.39, 0.29) is 5.91 Å². The fraction of sp³-hybridized carbons (Fsp3) is 0.308. The van der Waals surface area contributed by atoms with Crippen LogP contribution in [0.5, 0.6) is 5.75 Å². The zero-order valence-corrected chi connectivity index (χ0v) is 11.1. The molecule has 2 N–H and O–H groups in total. The molecule has 1 amide bonds. The molecule has 0 radical (unpaired) electrons. The third-order valence-corrected chi connectivity index (χ3v) is 2.57. The van der Waals surface area contributed by atoms with E-state index in [0.717, 1.165) is 5.69 Å². The van der Waals surface area contributed by atoms with Gasteiger partial charge in [-0.3, -0.25) is 4.79 Å². The molecule has 0 unspecified atom stereocenters. The Morgan fingerprint density at radius 1 is 1.56 bits per heavy atom. The monoisotopic (exact) mass is 268 g/mol. The molecule has 1 aromatic carbocycles. The summed E-state index contributed by atoms with van der Waals surface area (Å²) in [6.45, 7) is 4.57. The van der Waals surface area contributed by atoms with Gasteiger partial charge in [0.25, 0.3) is 0 Å². The molecule has 4 nitrogen and oxygen atoms in total. The molecular weight excluding hydrogens is 252 g/mol. The Labute approximate surface area is 112 Å². The highest BCUT2D eigenvalue weighted by atomic mass is 35.5. The SMILES string of the molecule is C=CCNC(=O)CCNc1ccc(OC)c(Cl)c1. The van der Waals surface area contributed by atoms with Crippen LogP contribution < -0.4 is 15.4 Å².